The molecule has 3 aromatic carbocycles. The average Bonchev–Trinajstić information content (AvgIpc) is 3.54. The summed E-state index contributed by atoms with van der Waals surface area (Å²) in [5.74, 6) is -8.89. The molecule has 3 fully saturated rings. The number of carbonyl (C=O) groups is 4. The highest BCUT2D eigenvalue weighted by atomic mass is 35.5. The van der Waals surface area contributed by atoms with E-state index in [0.29, 0.717) is 33.4 Å². The first-order chi connectivity index (χ1) is 26.5. The quantitative estimate of drug-likeness (QED) is 0.110. The summed E-state index contributed by atoms with van der Waals surface area (Å²) in [7, 11) is -1.88. The Hall–Kier alpha value is -4.93. The fraction of sp³-hybridized carbons (Fsp3) is 0.237. The first-order valence-electron chi connectivity index (χ1n) is 17.2. The van der Waals surface area contributed by atoms with Gasteiger partial charge in [-0.05, 0) is 78.3 Å². The van der Waals surface area contributed by atoms with E-state index in [2.05, 4.69) is 10.4 Å². The van der Waals surface area contributed by atoms with Gasteiger partial charge in [0, 0.05) is 27.7 Å². The number of hydrogen-bond donors (Lipinski definition) is 4. The minimum atomic E-state index is -4.78. The SMILES string of the molecule is O=C1[C@@H]2C[C@@H]3C(=CC[C@@H]4C(=O)N(c5cccc(B(O)O)c5)C(=O)[C@@H]43)[C@H](c3cc(Cl)ccc3O)[C@]2(c2ccc(Cl)cc2)C(=O)N1Nc1ncc(C(F)(F)F)cc1Cl. The zero-order chi connectivity index (χ0) is 40.0. The van der Waals surface area contributed by atoms with Crippen molar-refractivity contribution in [3.63, 3.8) is 0 Å². The van der Waals surface area contributed by atoms with Gasteiger partial charge in [-0.25, -0.2) is 4.98 Å². The molecule has 0 spiro atoms. The molecule has 4 amide bonds. The Bertz CT molecular complexity index is 2380. The Morgan fingerprint density at radius 3 is 2.27 bits per heavy atom. The van der Waals surface area contributed by atoms with Crippen LogP contribution in [0.2, 0.25) is 15.1 Å². The van der Waals surface area contributed by atoms with Crippen LogP contribution in [-0.4, -0.2) is 55.9 Å². The molecule has 0 radical (unpaired) electrons. The van der Waals surface area contributed by atoms with Crippen LogP contribution in [0.1, 0.15) is 35.4 Å². The summed E-state index contributed by atoms with van der Waals surface area (Å²) in [4.78, 5) is 63.4. The molecular weight excluding hydrogens is 799 g/mol. The lowest BCUT2D eigenvalue weighted by atomic mass is 9.49. The number of anilines is 2. The zero-order valence-electron chi connectivity index (χ0n) is 28.5. The Morgan fingerprint density at radius 2 is 1.59 bits per heavy atom. The second-order valence-corrected chi connectivity index (χ2v) is 15.4. The van der Waals surface area contributed by atoms with E-state index in [-0.39, 0.29) is 40.3 Å². The summed E-state index contributed by atoms with van der Waals surface area (Å²) >= 11 is 19.0. The molecule has 1 aromatic heterocycles. The molecule has 2 saturated heterocycles. The van der Waals surface area contributed by atoms with Crippen molar-refractivity contribution >= 4 is 82.5 Å². The number of fused-ring (bicyclic) bond motifs is 4. The molecule has 286 valence electrons. The lowest BCUT2D eigenvalue weighted by Crippen LogP contribution is -2.53. The first kappa shape index (κ1) is 38.0. The normalized spacial score (nSPS) is 25.9. The lowest BCUT2D eigenvalue weighted by molar-refractivity contribution is -0.139. The Kier molecular flexibility index (Phi) is 9.24. The second kappa shape index (κ2) is 13.6. The number of hydrazine groups is 1. The summed E-state index contributed by atoms with van der Waals surface area (Å²) in [5.41, 5.74) is 0.569. The van der Waals surface area contributed by atoms with E-state index in [0.717, 1.165) is 4.90 Å². The predicted molar refractivity (Wildman–Crippen MR) is 199 cm³/mol. The van der Waals surface area contributed by atoms with Crippen molar-refractivity contribution in [2.24, 2.45) is 23.7 Å². The predicted octanol–water partition coefficient (Wildman–Crippen LogP) is 5.64. The number of pyridine rings is 1. The van der Waals surface area contributed by atoms with Gasteiger partial charge in [0.2, 0.25) is 11.8 Å². The summed E-state index contributed by atoms with van der Waals surface area (Å²) in [6.07, 6.45) is -2.66. The van der Waals surface area contributed by atoms with Gasteiger partial charge in [0.1, 0.15) is 5.75 Å². The zero-order valence-corrected chi connectivity index (χ0v) is 30.8. The van der Waals surface area contributed by atoms with E-state index in [1.165, 1.54) is 54.6 Å². The Morgan fingerprint density at radius 1 is 0.875 bits per heavy atom. The van der Waals surface area contributed by atoms with E-state index in [1.54, 1.807) is 18.2 Å². The lowest BCUT2D eigenvalue weighted by Gasteiger charge is -2.50. The number of nitrogens with one attached hydrogen (secondary N) is 1. The number of carbonyl (C=O) groups excluding carboxylic acids is 4. The third-order valence-corrected chi connectivity index (χ3v) is 12.1. The number of phenols is 1. The smallest absolute Gasteiger partial charge is 0.488 e. The first-order valence-corrected chi connectivity index (χ1v) is 18.3. The number of nitrogens with zero attached hydrogens (tertiary/aromatic N) is 3. The highest BCUT2D eigenvalue weighted by molar-refractivity contribution is 6.58. The molecule has 0 bridgehead atoms. The maximum absolute atomic E-state index is 15.3. The average molecular weight is 826 g/mol. The summed E-state index contributed by atoms with van der Waals surface area (Å²) in [5, 5.41) is 31.7. The number of hydrogen-bond acceptors (Lipinski definition) is 9. The van der Waals surface area contributed by atoms with Crippen LogP contribution in [0.15, 0.2) is 90.6 Å². The third kappa shape index (κ3) is 5.78. The van der Waals surface area contributed by atoms with Gasteiger partial charge in [0.15, 0.2) is 5.82 Å². The highest BCUT2D eigenvalue weighted by Gasteiger charge is 2.70. The van der Waals surface area contributed by atoms with Gasteiger partial charge in [-0.3, -0.25) is 29.5 Å². The fourth-order valence-corrected chi connectivity index (χ4v) is 9.48. The van der Waals surface area contributed by atoms with Crippen LogP contribution in [0.25, 0.3) is 0 Å². The number of allylic oxidation sites excluding steroid dienone is 2. The van der Waals surface area contributed by atoms with Crippen molar-refractivity contribution in [2.45, 2.75) is 30.4 Å². The number of imide groups is 2. The van der Waals surface area contributed by atoms with Crippen molar-refractivity contribution in [3.8, 4) is 5.75 Å². The molecule has 1 saturated carbocycles. The van der Waals surface area contributed by atoms with E-state index in [1.807, 2.05) is 0 Å². The van der Waals surface area contributed by atoms with Gasteiger partial charge in [0.25, 0.3) is 11.8 Å². The van der Waals surface area contributed by atoms with Crippen LogP contribution in [-0.2, 0) is 30.8 Å². The molecule has 4 N–H and O–H groups in total. The molecular formula is C38H27BCl3F3N4O7. The molecule has 3 heterocycles. The van der Waals surface area contributed by atoms with E-state index in [4.69, 9.17) is 34.8 Å². The molecule has 8 rings (SSSR count). The summed E-state index contributed by atoms with van der Waals surface area (Å²) in [6, 6.07) is 16.7. The Labute approximate surface area is 331 Å². The van der Waals surface area contributed by atoms with Crippen LogP contribution >= 0.6 is 34.8 Å². The number of amides is 4. The van der Waals surface area contributed by atoms with Crippen LogP contribution in [0.3, 0.4) is 0 Å². The molecule has 4 aromatic rings. The van der Waals surface area contributed by atoms with Gasteiger partial charge < -0.3 is 15.2 Å². The number of phenolic OH excluding ortho intramolecular Hbond substituents is 1. The van der Waals surface area contributed by atoms with Crippen molar-refractivity contribution in [1.82, 2.24) is 9.99 Å². The maximum Gasteiger partial charge on any atom is 0.488 e. The number of aromatic hydroxyl groups is 1. The van der Waals surface area contributed by atoms with Gasteiger partial charge >= 0.3 is 13.3 Å². The number of alkyl halides is 3. The summed E-state index contributed by atoms with van der Waals surface area (Å²) in [6.45, 7) is 0. The van der Waals surface area contributed by atoms with Gasteiger partial charge in [0.05, 0.1) is 39.4 Å². The number of halogens is 6. The van der Waals surface area contributed by atoms with Crippen LogP contribution in [0.4, 0.5) is 24.7 Å². The van der Waals surface area contributed by atoms with Crippen molar-refractivity contribution in [3.05, 3.63) is 122 Å². The number of rotatable bonds is 6. The molecule has 11 nitrogen and oxygen atoms in total. The number of benzene rings is 3. The maximum atomic E-state index is 15.3. The minimum Gasteiger partial charge on any atom is -0.508 e. The second-order valence-electron chi connectivity index (χ2n) is 14.1. The number of aromatic nitrogens is 1. The third-order valence-electron chi connectivity index (χ3n) is 11.3. The molecule has 4 aliphatic rings. The van der Waals surface area contributed by atoms with Crippen molar-refractivity contribution in [2.75, 3.05) is 10.3 Å². The van der Waals surface area contributed by atoms with Crippen LogP contribution in [0.5, 0.6) is 5.75 Å². The van der Waals surface area contributed by atoms with Gasteiger partial charge in [-0.1, -0.05) is 70.7 Å². The monoisotopic (exact) mass is 824 g/mol. The molecule has 2 aliphatic carbocycles. The fourth-order valence-electron chi connectivity index (χ4n) is 8.96. The van der Waals surface area contributed by atoms with Gasteiger partial charge in [-0.2, -0.15) is 18.2 Å². The Balaban J connectivity index is 1.31. The highest BCUT2D eigenvalue weighted by Crippen LogP contribution is 2.65. The largest absolute Gasteiger partial charge is 0.508 e. The van der Waals surface area contributed by atoms with Crippen LogP contribution in [0, 0.1) is 23.7 Å². The molecule has 56 heavy (non-hydrogen) atoms. The molecule has 6 atom stereocenters. The standard InChI is InChI=1S/C38H27BCl3F3N4O7/c40-20-6-4-17(5-7-20)37-27(34(52)49(36(37)54)47-32-28(42)12-18(16-46-32)38(43,44)45)15-25-23(31(37)26-14-21(41)8-11-29(26)50)9-10-24-30(25)35(53)48(33(24)51)22-3-1-2-19(13-22)39(55)56/h1-9,11-14,16,24-25,27,30-31,50,55-56H,10,15H2,(H,46,47)/t24-,25+,27-,30-,31+,37+/m0/s1. The van der Waals surface area contributed by atoms with Crippen LogP contribution < -0.4 is 15.8 Å². The topological polar surface area (TPSA) is 160 Å². The van der Waals surface area contributed by atoms with E-state index in [9.17, 15) is 42.7 Å². The van der Waals surface area contributed by atoms with Gasteiger partial charge in [-0.15, -0.1) is 0 Å². The molecule has 2 aliphatic heterocycles. The van der Waals surface area contributed by atoms with E-state index >= 15 is 4.79 Å². The summed E-state index contributed by atoms with van der Waals surface area (Å²) < 4.78 is 40.4. The minimum absolute atomic E-state index is 0.0360. The van der Waals surface area contributed by atoms with Crippen molar-refractivity contribution in [1.29, 1.82) is 0 Å². The van der Waals surface area contributed by atoms with E-state index < -0.39 is 88.3 Å². The molecule has 18 heteroatoms. The molecule has 0 unspecified atom stereocenters. The van der Waals surface area contributed by atoms with Crippen molar-refractivity contribution < 1.29 is 47.5 Å².